The van der Waals surface area contributed by atoms with Crippen LogP contribution in [-0.4, -0.2) is 18.3 Å². The second-order valence-electron chi connectivity index (χ2n) is 8.66. The quantitative estimate of drug-likeness (QED) is 0.509. The first-order valence-corrected chi connectivity index (χ1v) is 12.7. The van der Waals surface area contributed by atoms with Crippen LogP contribution in [0.2, 0.25) is 18.1 Å². The van der Waals surface area contributed by atoms with Crippen molar-refractivity contribution in [3.05, 3.63) is 72.1 Å². The van der Waals surface area contributed by atoms with Crippen molar-refractivity contribution in [2.75, 3.05) is 5.73 Å². The van der Waals surface area contributed by atoms with Crippen LogP contribution in [0.1, 0.15) is 32.0 Å². The largest absolute Gasteiger partial charge is 0.544 e. The first-order valence-electron chi connectivity index (χ1n) is 9.81. The lowest BCUT2D eigenvalue weighted by Crippen LogP contribution is -2.43. The Hall–Kier alpha value is -2.92. The summed E-state index contributed by atoms with van der Waals surface area (Å²) in [5, 5.41) is 0.161. The minimum atomic E-state index is -1.86. The van der Waals surface area contributed by atoms with Crippen molar-refractivity contribution in [3.8, 4) is 17.0 Å². The molecule has 3 aromatic rings. The lowest BCUT2D eigenvalue weighted by molar-refractivity contribution is 0.492. The van der Waals surface area contributed by atoms with Crippen molar-refractivity contribution in [1.29, 1.82) is 0 Å². The summed E-state index contributed by atoms with van der Waals surface area (Å²) >= 11 is 0. The summed E-state index contributed by atoms with van der Waals surface area (Å²) in [6.07, 6.45) is 5.59. The van der Waals surface area contributed by atoms with E-state index in [-0.39, 0.29) is 5.04 Å². The van der Waals surface area contributed by atoms with Gasteiger partial charge in [0.1, 0.15) is 17.3 Å². The SMILES string of the molecule is CC(C)(C)[Si](C)(C)Oc1ccc(-c2cnc(N)c(/C=C\c3ccccc3)n2)cc1. The molecule has 0 amide bonds. The smallest absolute Gasteiger partial charge is 0.250 e. The molecule has 2 aromatic carbocycles. The second kappa shape index (κ2) is 8.21. The summed E-state index contributed by atoms with van der Waals surface area (Å²) in [7, 11) is -1.86. The predicted octanol–water partition coefficient (Wildman–Crippen LogP) is 6.28. The van der Waals surface area contributed by atoms with E-state index in [1.165, 1.54) is 0 Å². The molecule has 5 heteroatoms. The van der Waals surface area contributed by atoms with Crippen molar-refractivity contribution < 1.29 is 4.43 Å². The summed E-state index contributed by atoms with van der Waals surface area (Å²) in [6.45, 7) is 11.2. The monoisotopic (exact) mass is 403 g/mol. The topological polar surface area (TPSA) is 61.0 Å². The van der Waals surface area contributed by atoms with E-state index < -0.39 is 8.32 Å². The van der Waals surface area contributed by atoms with Gasteiger partial charge in [0.2, 0.25) is 8.32 Å². The summed E-state index contributed by atoms with van der Waals surface area (Å²) in [4.78, 5) is 9.02. The van der Waals surface area contributed by atoms with Gasteiger partial charge in [-0.1, -0.05) is 57.2 Å². The second-order valence-corrected chi connectivity index (χ2v) is 13.4. The number of nitrogens with zero attached hydrogens (tertiary/aromatic N) is 2. The third-order valence-electron chi connectivity index (χ3n) is 5.39. The molecule has 0 fully saturated rings. The third-order valence-corrected chi connectivity index (χ3v) is 9.75. The maximum absolute atomic E-state index is 6.36. The molecule has 0 saturated heterocycles. The molecule has 0 saturated carbocycles. The van der Waals surface area contributed by atoms with Gasteiger partial charge in [-0.15, -0.1) is 0 Å². The first kappa shape index (κ1) is 20.8. The number of benzene rings is 2. The van der Waals surface area contributed by atoms with E-state index in [2.05, 4.69) is 38.8 Å². The standard InChI is InChI=1S/C24H29N3OSi/c1-24(2,3)29(4,5)28-20-14-12-19(13-15-20)22-17-26-23(25)21(27-22)16-11-18-9-7-6-8-10-18/h6-17H,1-5H3,(H2,25,26)/b16-11-. The van der Waals surface area contributed by atoms with Crippen LogP contribution >= 0.6 is 0 Å². The van der Waals surface area contributed by atoms with Crippen molar-refractivity contribution >= 4 is 26.3 Å². The number of hydrogen-bond acceptors (Lipinski definition) is 4. The van der Waals surface area contributed by atoms with Crippen molar-refractivity contribution in [2.24, 2.45) is 0 Å². The van der Waals surface area contributed by atoms with E-state index in [9.17, 15) is 0 Å². The molecule has 150 valence electrons. The van der Waals surface area contributed by atoms with Gasteiger partial charge in [0.05, 0.1) is 11.9 Å². The molecule has 0 radical (unpaired) electrons. The highest BCUT2D eigenvalue weighted by Gasteiger charge is 2.38. The fourth-order valence-corrected chi connectivity index (χ4v) is 3.59. The van der Waals surface area contributed by atoms with Crippen molar-refractivity contribution in [3.63, 3.8) is 0 Å². The minimum absolute atomic E-state index is 0.161. The van der Waals surface area contributed by atoms with E-state index in [0.717, 1.165) is 22.6 Å². The number of aromatic nitrogens is 2. The van der Waals surface area contributed by atoms with Crippen LogP contribution in [-0.2, 0) is 0 Å². The van der Waals surface area contributed by atoms with Gasteiger partial charge in [-0.25, -0.2) is 9.97 Å². The highest BCUT2D eigenvalue weighted by Crippen LogP contribution is 2.37. The Labute approximate surface area is 174 Å². The molecule has 3 rings (SSSR count). The molecular weight excluding hydrogens is 374 g/mol. The van der Waals surface area contributed by atoms with Crippen LogP contribution in [0.3, 0.4) is 0 Å². The van der Waals surface area contributed by atoms with Gasteiger partial charge in [-0.05, 0) is 54.0 Å². The van der Waals surface area contributed by atoms with E-state index >= 15 is 0 Å². The maximum Gasteiger partial charge on any atom is 0.250 e. The Morgan fingerprint density at radius 2 is 1.59 bits per heavy atom. The molecule has 0 bridgehead atoms. The highest BCUT2D eigenvalue weighted by molar-refractivity contribution is 6.74. The van der Waals surface area contributed by atoms with E-state index in [0.29, 0.717) is 11.5 Å². The Morgan fingerprint density at radius 3 is 2.21 bits per heavy atom. The van der Waals surface area contributed by atoms with Gasteiger partial charge in [-0.3, -0.25) is 0 Å². The lowest BCUT2D eigenvalue weighted by Gasteiger charge is -2.36. The van der Waals surface area contributed by atoms with Gasteiger partial charge < -0.3 is 10.2 Å². The molecule has 0 spiro atoms. The Morgan fingerprint density at radius 1 is 0.931 bits per heavy atom. The minimum Gasteiger partial charge on any atom is -0.544 e. The molecule has 0 aliphatic rings. The number of nitrogen functional groups attached to an aromatic ring is 1. The normalized spacial score (nSPS) is 12.3. The molecule has 1 aromatic heterocycles. The van der Waals surface area contributed by atoms with Gasteiger partial charge >= 0.3 is 0 Å². The summed E-state index contributed by atoms with van der Waals surface area (Å²) in [6, 6.07) is 18.1. The van der Waals surface area contributed by atoms with Gasteiger partial charge in [0.25, 0.3) is 0 Å². The van der Waals surface area contributed by atoms with Gasteiger partial charge in [0, 0.05) is 5.56 Å². The molecule has 0 aliphatic heterocycles. The number of nitrogens with two attached hydrogens (primary N) is 1. The van der Waals surface area contributed by atoms with Crippen LogP contribution in [0, 0.1) is 0 Å². The highest BCUT2D eigenvalue weighted by atomic mass is 28.4. The van der Waals surface area contributed by atoms with Crippen molar-refractivity contribution in [1.82, 2.24) is 9.97 Å². The van der Waals surface area contributed by atoms with Gasteiger partial charge in [0.15, 0.2) is 0 Å². The molecule has 0 aliphatic carbocycles. The number of rotatable bonds is 5. The number of hydrogen-bond donors (Lipinski definition) is 1. The third kappa shape index (κ3) is 5.12. The Kier molecular flexibility index (Phi) is 5.89. The van der Waals surface area contributed by atoms with Crippen LogP contribution < -0.4 is 10.2 Å². The zero-order valence-corrected chi connectivity index (χ0v) is 18.8. The Balaban J connectivity index is 1.81. The van der Waals surface area contributed by atoms with E-state index in [1.807, 2.05) is 66.7 Å². The molecule has 29 heavy (non-hydrogen) atoms. The molecule has 0 unspecified atom stereocenters. The van der Waals surface area contributed by atoms with Crippen LogP contribution in [0.15, 0.2) is 60.8 Å². The van der Waals surface area contributed by atoms with Crippen LogP contribution in [0.25, 0.3) is 23.4 Å². The first-order chi connectivity index (χ1) is 13.7. The summed E-state index contributed by atoms with van der Waals surface area (Å²) < 4.78 is 6.36. The average molecular weight is 404 g/mol. The fraction of sp³-hybridized carbons (Fsp3) is 0.250. The fourth-order valence-electron chi connectivity index (χ4n) is 2.56. The average Bonchev–Trinajstić information content (AvgIpc) is 2.68. The maximum atomic E-state index is 6.36. The van der Waals surface area contributed by atoms with Gasteiger partial charge in [-0.2, -0.15) is 0 Å². The van der Waals surface area contributed by atoms with Crippen molar-refractivity contribution in [2.45, 2.75) is 38.9 Å². The molecule has 1 heterocycles. The summed E-state index contributed by atoms with van der Waals surface area (Å²) in [5.74, 6) is 1.31. The summed E-state index contributed by atoms with van der Waals surface area (Å²) in [5.41, 5.74) is 9.54. The molecule has 2 N–H and O–H groups in total. The van der Waals surface area contributed by atoms with Crippen LogP contribution in [0.5, 0.6) is 5.75 Å². The Bertz CT molecular complexity index is 991. The number of anilines is 1. The van der Waals surface area contributed by atoms with Crippen LogP contribution in [0.4, 0.5) is 5.82 Å². The molecule has 4 nitrogen and oxygen atoms in total. The lowest BCUT2D eigenvalue weighted by atomic mass is 10.1. The zero-order chi connectivity index (χ0) is 21.1. The molecular formula is C24H29N3OSi. The zero-order valence-electron chi connectivity index (χ0n) is 17.8. The van der Waals surface area contributed by atoms with E-state index in [1.54, 1.807) is 6.20 Å². The molecule has 0 atom stereocenters. The van der Waals surface area contributed by atoms with E-state index in [4.69, 9.17) is 15.1 Å². The predicted molar refractivity (Wildman–Crippen MR) is 125 cm³/mol.